The highest BCUT2D eigenvalue weighted by Gasteiger charge is 2.28. The van der Waals surface area contributed by atoms with Gasteiger partial charge in [0.15, 0.2) is 0 Å². The maximum atomic E-state index is 6.38. The lowest BCUT2D eigenvalue weighted by atomic mass is 9.72. The van der Waals surface area contributed by atoms with Crippen LogP contribution in [0, 0.1) is 17.8 Å². The van der Waals surface area contributed by atoms with Gasteiger partial charge in [0, 0.05) is 12.6 Å². The summed E-state index contributed by atoms with van der Waals surface area (Å²) in [6, 6.07) is 0.411. The molecule has 0 aromatic carbocycles. The molecule has 17 heavy (non-hydrogen) atoms. The summed E-state index contributed by atoms with van der Waals surface area (Å²) < 4.78 is 5.67. The quantitative estimate of drug-likeness (QED) is 0.816. The Morgan fingerprint density at radius 3 is 2.65 bits per heavy atom. The van der Waals surface area contributed by atoms with Crippen LogP contribution in [0.2, 0.25) is 0 Å². The van der Waals surface area contributed by atoms with Gasteiger partial charge in [-0.25, -0.2) is 0 Å². The first-order valence-electron chi connectivity index (χ1n) is 7.54. The third kappa shape index (κ3) is 3.69. The minimum atomic E-state index is 0.411. The zero-order chi connectivity index (χ0) is 12.3. The van der Waals surface area contributed by atoms with E-state index in [0.717, 1.165) is 30.8 Å². The summed E-state index contributed by atoms with van der Waals surface area (Å²) in [7, 11) is 0. The molecule has 2 rings (SSSR count). The van der Waals surface area contributed by atoms with Crippen molar-refractivity contribution in [3.05, 3.63) is 0 Å². The molecule has 1 saturated heterocycles. The van der Waals surface area contributed by atoms with Crippen LogP contribution in [0.15, 0.2) is 0 Å². The lowest BCUT2D eigenvalue weighted by molar-refractivity contribution is 0.0952. The Bertz CT molecular complexity index is 225. The van der Waals surface area contributed by atoms with Crippen molar-refractivity contribution >= 4 is 0 Å². The number of ether oxygens (including phenoxy) is 1. The highest BCUT2D eigenvalue weighted by molar-refractivity contribution is 4.82. The van der Waals surface area contributed by atoms with Crippen molar-refractivity contribution in [1.82, 2.24) is 0 Å². The number of hydrogen-bond acceptors (Lipinski definition) is 2. The fourth-order valence-electron chi connectivity index (χ4n) is 3.46. The normalized spacial score (nSPS) is 40.4. The standard InChI is InChI=1S/C15H29NO/c1-11-5-6-13(10-12(11)2)15(16)8-7-14-4-3-9-17-14/h11-15H,3-10,16H2,1-2H3. The van der Waals surface area contributed by atoms with Crippen LogP contribution in [0.3, 0.4) is 0 Å². The van der Waals surface area contributed by atoms with Crippen LogP contribution >= 0.6 is 0 Å². The maximum absolute atomic E-state index is 6.38. The second kappa shape index (κ2) is 6.19. The van der Waals surface area contributed by atoms with E-state index >= 15 is 0 Å². The minimum absolute atomic E-state index is 0.411. The summed E-state index contributed by atoms with van der Waals surface area (Å²) >= 11 is 0. The molecule has 100 valence electrons. The SMILES string of the molecule is CC1CCC(C(N)CCC2CCCO2)CC1C. The topological polar surface area (TPSA) is 35.2 Å². The molecule has 1 heterocycles. The van der Waals surface area contributed by atoms with Gasteiger partial charge in [-0.3, -0.25) is 0 Å². The van der Waals surface area contributed by atoms with Crippen molar-refractivity contribution in [3.8, 4) is 0 Å². The monoisotopic (exact) mass is 239 g/mol. The molecule has 0 aromatic rings. The van der Waals surface area contributed by atoms with Gasteiger partial charge in [-0.15, -0.1) is 0 Å². The van der Waals surface area contributed by atoms with Crippen molar-refractivity contribution in [3.63, 3.8) is 0 Å². The third-order valence-corrected chi connectivity index (χ3v) is 5.09. The van der Waals surface area contributed by atoms with E-state index in [-0.39, 0.29) is 0 Å². The van der Waals surface area contributed by atoms with E-state index in [1.54, 1.807) is 0 Å². The van der Waals surface area contributed by atoms with Crippen LogP contribution in [0.5, 0.6) is 0 Å². The van der Waals surface area contributed by atoms with Crippen LogP contribution in [0.25, 0.3) is 0 Å². The number of rotatable bonds is 4. The molecular formula is C15H29NO. The molecule has 1 aliphatic heterocycles. The van der Waals surface area contributed by atoms with Gasteiger partial charge in [-0.05, 0) is 56.3 Å². The van der Waals surface area contributed by atoms with E-state index in [9.17, 15) is 0 Å². The smallest absolute Gasteiger partial charge is 0.0576 e. The average Bonchev–Trinajstić information content (AvgIpc) is 2.82. The van der Waals surface area contributed by atoms with Gasteiger partial charge < -0.3 is 10.5 Å². The molecule has 2 fully saturated rings. The Morgan fingerprint density at radius 1 is 1.18 bits per heavy atom. The van der Waals surface area contributed by atoms with E-state index in [4.69, 9.17) is 10.5 Å². The van der Waals surface area contributed by atoms with E-state index in [0.29, 0.717) is 12.1 Å². The summed E-state index contributed by atoms with van der Waals surface area (Å²) in [6.07, 6.45) is 9.42. The van der Waals surface area contributed by atoms with E-state index in [1.165, 1.54) is 38.5 Å². The zero-order valence-electron chi connectivity index (χ0n) is 11.5. The van der Waals surface area contributed by atoms with Gasteiger partial charge in [-0.1, -0.05) is 20.3 Å². The lowest BCUT2D eigenvalue weighted by Gasteiger charge is -2.35. The number of hydrogen-bond donors (Lipinski definition) is 1. The first-order chi connectivity index (χ1) is 8.16. The Kier molecular flexibility index (Phi) is 4.87. The molecule has 1 aliphatic carbocycles. The highest BCUT2D eigenvalue weighted by Crippen LogP contribution is 2.35. The molecule has 0 bridgehead atoms. The average molecular weight is 239 g/mol. The van der Waals surface area contributed by atoms with Crippen molar-refractivity contribution in [2.45, 2.75) is 70.9 Å². The lowest BCUT2D eigenvalue weighted by Crippen LogP contribution is -2.36. The van der Waals surface area contributed by atoms with Crippen molar-refractivity contribution in [2.75, 3.05) is 6.61 Å². The van der Waals surface area contributed by atoms with Gasteiger partial charge in [-0.2, -0.15) is 0 Å². The maximum Gasteiger partial charge on any atom is 0.0576 e. The highest BCUT2D eigenvalue weighted by atomic mass is 16.5. The predicted octanol–water partition coefficient (Wildman–Crippen LogP) is 3.35. The summed E-state index contributed by atoms with van der Waals surface area (Å²) in [4.78, 5) is 0. The largest absolute Gasteiger partial charge is 0.378 e. The predicted molar refractivity (Wildman–Crippen MR) is 71.9 cm³/mol. The Morgan fingerprint density at radius 2 is 2.00 bits per heavy atom. The van der Waals surface area contributed by atoms with Crippen LogP contribution < -0.4 is 5.73 Å². The summed E-state index contributed by atoms with van der Waals surface area (Å²) in [5, 5.41) is 0. The fraction of sp³-hybridized carbons (Fsp3) is 1.00. The molecule has 0 radical (unpaired) electrons. The second-order valence-corrected chi connectivity index (χ2v) is 6.40. The third-order valence-electron chi connectivity index (χ3n) is 5.09. The van der Waals surface area contributed by atoms with E-state index < -0.39 is 0 Å². The summed E-state index contributed by atoms with van der Waals surface area (Å²) in [5.41, 5.74) is 6.38. The van der Waals surface area contributed by atoms with Gasteiger partial charge in [0.05, 0.1) is 6.10 Å². The molecule has 0 spiro atoms. The van der Waals surface area contributed by atoms with Gasteiger partial charge in [0.25, 0.3) is 0 Å². The molecule has 2 heteroatoms. The Balaban J connectivity index is 1.70. The van der Waals surface area contributed by atoms with Crippen LogP contribution in [-0.4, -0.2) is 18.8 Å². The summed E-state index contributed by atoms with van der Waals surface area (Å²) in [6.45, 7) is 5.75. The first kappa shape index (κ1) is 13.4. The molecule has 0 amide bonds. The van der Waals surface area contributed by atoms with Crippen molar-refractivity contribution in [2.24, 2.45) is 23.5 Å². The van der Waals surface area contributed by atoms with Crippen molar-refractivity contribution < 1.29 is 4.74 Å². The van der Waals surface area contributed by atoms with E-state index in [1.807, 2.05) is 0 Å². The van der Waals surface area contributed by atoms with Gasteiger partial charge >= 0.3 is 0 Å². The molecule has 0 aromatic heterocycles. The Hall–Kier alpha value is -0.0800. The number of nitrogens with two attached hydrogens (primary N) is 1. The fourth-order valence-corrected chi connectivity index (χ4v) is 3.46. The molecule has 2 nitrogen and oxygen atoms in total. The molecule has 2 N–H and O–H groups in total. The van der Waals surface area contributed by atoms with Crippen LogP contribution in [-0.2, 0) is 4.74 Å². The summed E-state index contributed by atoms with van der Waals surface area (Å²) in [5.74, 6) is 2.53. The minimum Gasteiger partial charge on any atom is -0.378 e. The molecular weight excluding hydrogens is 210 g/mol. The molecule has 1 saturated carbocycles. The second-order valence-electron chi connectivity index (χ2n) is 6.40. The van der Waals surface area contributed by atoms with Crippen LogP contribution in [0.1, 0.15) is 58.8 Å². The van der Waals surface area contributed by atoms with Crippen molar-refractivity contribution in [1.29, 1.82) is 0 Å². The molecule has 5 unspecified atom stereocenters. The Labute approximate surface area is 106 Å². The van der Waals surface area contributed by atoms with Crippen LogP contribution in [0.4, 0.5) is 0 Å². The van der Waals surface area contributed by atoms with E-state index in [2.05, 4.69) is 13.8 Å². The van der Waals surface area contributed by atoms with Gasteiger partial charge in [0.1, 0.15) is 0 Å². The van der Waals surface area contributed by atoms with Gasteiger partial charge in [0.2, 0.25) is 0 Å². The first-order valence-corrected chi connectivity index (χ1v) is 7.54. The molecule has 5 atom stereocenters. The zero-order valence-corrected chi connectivity index (χ0v) is 11.5. The molecule has 2 aliphatic rings.